The Morgan fingerprint density at radius 1 is 1.24 bits per heavy atom. The summed E-state index contributed by atoms with van der Waals surface area (Å²) in [6.45, 7) is 5.40. The van der Waals surface area contributed by atoms with Crippen LogP contribution in [0.1, 0.15) is 33.2 Å². The van der Waals surface area contributed by atoms with Crippen molar-refractivity contribution in [3.63, 3.8) is 0 Å². The summed E-state index contributed by atoms with van der Waals surface area (Å²) in [5.41, 5.74) is 0.0512. The summed E-state index contributed by atoms with van der Waals surface area (Å²) < 4.78 is 5.75. The molecule has 8 nitrogen and oxygen atoms in total. The number of ether oxygens (including phenoxy) is 1. The summed E-state index contributed by atoms with van der Waals surface area (Å²) in [7, 11) is 1.27. The monoisotopic (exact) mass is 346 g/mol. The van der Waals surface area contributed by atoms with Crippen molar-refractivity contribution in [3.8, 4) is 0 Å². The number of methoxy groups -OCH3 is 1. The van der Waals surface area contributed by atoms with Crippen LogP contribution in [0.4, 0.5) is 0 Å². The first kappa shape index (κ1) is 18.6. The zero-order valence-corrected chi connectivity index (χ0v) is 14.7. The van der Waals surface area contributed by atoms with Gasteiger partial charge in [0.15, 0.2) is 0 Å². The molecule has 2 atom stereocenters. The molecule has 1 aromatic carbocycles. The third-order valence-electron chi connectivity index (χ3n) is 3.85. The molecule has 0 saturated carbocycles. The van der Waals surface area contributed by atoms with Crippen LogP contribution in [-0.2, 0) is 14.3 Å². The second-order valence-corrected chi connectivity index (χ2v) is 6.25. The van der Waals surface area contributed by atoms with Gasteiger partial charge in [-0.15, -0.1) is 5.10 Å². The highest BCUT2D eigenvalue weighted by atomic mass is 16.5. The van der Waals surface area contributed by atoms with Crippen molar-refractivity contribution in [1.82, 2.24) is 20.3 Å². The first-order chi connectivity index (χ1) is 11.8. The number of esters is 1. The Morgan fingerprint density at radius 2 is 1.92 bits per heavy atom. The highest BCUT2D eigenvalue weighted by Gasteiger charge is 2.27. The van der Waals surface area contributed by atoms with Crippen molar-refractivity contribution in [2.24, 2.45) is 5.92 Å². The molecule has 1 N–H and O–H groups in total. The smallest absolute Gasteiger partial charge is 0.328 e. The number of carbonyl (C=O) groups is 2. The molecule has 2 rings (SSSR count). The molecule has 0 unspecified atom stereocenters. The van der Waals surface area contributed by atoms with E-state index < -0.39 is 29.5 Å². The second-order valence-electron chi connectivity index (χ2n) is 6.25. The van der Waals surface area contributed by atoms with Crippen LogP contribution in [0.5, 0.6) is 0 Å². The minimum atomic E-state index is -0.913. The van der Waals surface area contributed by atoms with Crippen LogP contribution in [-0.4, -0.2) is 40.0 Å². The quantitative estimate of drug-likeness (QED) is 0.785. The molecule has 134 valence electrons. The topological polar surface area (TPSA) is 103 Å². The van der Waals surface area contributed by atoms with Crippen LogP contribution < -0.4 is 10.9 Å². The highest BCUT2D eigenvalue weighted by Crippen LogP contribution is 2.10. The molecule has 1 aromatic heterocycles. The van der Waals surface area contributed by atoms with Crippen molar-refractivity contribution in [1.29, 1.82) is 0 Å². The molecule has 8 heteroatoms. The van der Waals surface area contributed by atoms with Crippen LogP contribution in [0.2, 0.25) is 0 Å². The van der Waals surface area contributed by atoms with Crippen LogP contribution in [0, 0.1) is 5.92 Å². The largest absolute Gasteiger partial charge is 0.467 e. The predicted octanol–water partition coefficient (Wildman–Crippen LogP) is 1.06. The Kier molecular flexibility index (Phi) is 5.84. The fourth-order valence-corrected chi connectivity index (χ4v) is 2.49. The number of carbonyl (C=O) groups excluding carboxylic acids is 2. The number of rotatable bonds is 6. The lowest BCUT2D eigenvalue weighted by Gasteiger charge is -2.21. The summed E-state index contributed by atoms with van der Waals surface area (Å²) in [6.07, 6.45) is 0.434. The average molecular weight is 346 g/mol. The highest BCUT2D eigenvalue weighted by molar-refractivity contribution is 5.86. The summed E-state index contributed by atoms with van der Waals surface area (Å²) >= 11 is 0. The van der Waals surface area contributed by atoms with Crippen LogP contribution in [0.15, 0.2) is 29.1 Å². The average Bonchev–Trinajstić information content (AvgIpc) is 2.60. The van der Waals surface area contributed by atoms with E-state index in [0.717, 1.165) is 4.68 Å². The first-order valence-electron chi connectivity index (χ1n) is 8.07. The zero-order chi connectivity index (χ0) is 18.6. The van der Waals surface area contributed by atoms with Gasteiger partial charge in [0.25, 0.3) is 5.56 Å². The number of nitrogens with one attached hydrogen (secondary N) is 1. The molecule has 25 heavy (non-hydrogen) atoms. The van der Waals surface area contributed by atoms with Gasteiger partial charge in [0.2, 0.25) is 5.91 Å². The van der Waals surface area contributed by atoms with Crippen LogP contribution in [0.25, 0.3) is 10.9 Å². The van der Waals surface area contributed by atoms with Gasteiger partial charge in [-0.05, 0) is 31.4 Å². The molecule has 0 bridgehead atoms. The second kappa shape index (κ2) is 7.87. The third-order valence-corrected chi connectivity index (χ3v) is 3.85. The van der Waals surface area contributed by atoms with Gasteiger partial charge in [0, 0.05) is 0 Å². The molecule has 0 saturated heterocycles. The third kappa shape index (κ3) is 4.20. The Labute approximate surface area is 145 Å². The summed E-state index contributed by atoms with van der Waals surface area (Å²) in [6, 6.07) is 5.09. The van der Waals surface area contributed by atoms with E-state index in [4.69, 9.17) is 4.74 Å². The number of amides is 1. The molecule has 0 radical (unpaired) electrons. The number of nitrogens with zero attached hydrogens (tertiary/aromatic N) is 3. The summed E-state index contributed by atoms with van der Waals surface area (Å²) in [5, 5.41) is 10.8. The number of fused-ring (bicyclic) bond motifs is 1. The van der Waals surface area contributed by atoms with Gasteiger partial charge < -0.3 is 10.1 Å². The SMILES string of the molecule is COC(=O)[C@H](CC(C)C)NC(=O)[C@H](C)n1nnc2ccccc2c1=O. The van der Waals surface area contributed by atoms with E-state index in [0.29, 0.717) is 17.3 Å². The maximum Gasteiger partial charge on any atom is 0.328 e. The van der Waals surface area contributed by atoms with Crippen molar-refractivity contribution in [2.45, 2.75) is 39.3 Å². The molecule has 0 fully saturated rings. The molecule has 0 spiro atoms. The minimum absolute atomic E-state index is 0.183. The van der Waals surface area contributed by atoms with Crippen molar-refractivity contribution >= 4 is 22.8 Å². The van der Waals surface area contributed by atoms with Crippen LogP contribution >= 0.6 is 0 Å². The molecular weight excluding hydrogens is 324 g/mol. The maximum absolute atomic E-state index is 12.5. The van der Waals surface area contributed by atoms with Crippen molar-refractivity contribution < 1.29 is 14.3 Å². The van der Waals surface area contributed by atoms with Gasteiger partial charge in [0.05, 0.1) is 12.5 Å². The number of aromatic nitrogens is 3. The lowest BCUT2D eigenvalue weighted by atomic mass is 10.0. The molecule has 0 aliphatic rings. The van der Waals surface area contributed by atoms with Gasteiger partial charge in [-0.3, -0.25) is 9.59 Å². The van der Waals surface area contributed by atoms with E-state index >= 15 is 0 Å². The van der Waals surface area contributed by atoms with Crippen LogP contribution in [0.3, 0.4) is 0 Å². The number of hydrogen-bond acceptors (Lipinski definition) is 6. The number of hydrogen-bond donors (Lipinski definition) is 1. The van der Waals surface area contributed by atoms with E-state index in [9.17, 15) is 14.4 Å². The summed E-state index contributed by atoms with van der Waals surface area (Å²) in [5.74, 6) is -0.836. The summed E-state index contributed by atoms with van der Waals surface area (Å²) in [4.78, 5) is 36.9. The molecule has 1 heterocycles. The maximum atomic E-state index is 12.5. The standard InChI is InChI=1S/C17H22N4O4/c1-10(2)9-14(17(24)25-4)18-15(22)11(3)21-16(23)12-7-5-6-8-13(12)19-20-21/h5-8,10-11,14H,9H2,1-4H3,(H,18,22)/t11-,14-/m0/s1. The Morgan fingerprint density at radius 3 is 2.56 bits per heavy atom. The van der Waals surface area contributed by atoms with Gasteiger partial charge in [-0.1, -0.05) is 31.2 Å². The van der Waals surface area contributed by atoms with E-state index in [1.54, 1.807) is 24.3 Å². The minimum Gasteiger partial charge on any atom is -0.467 e. The number of benzene rings is 1. The van der Waals surface area contributed by atoms with Gasteiger partial charge in [0.1, 0.15) is 17.6 Å². The lowest BCUT2D eigenvalue weighted by molar-refractivity contribution is -0.146. The molecule has 2 aromatic rings. The van der Waals surface area contributed by atoms with Gasteiger partial charge in [-0.25, -0.2) is 4.79 Å². The lowest BCUT2D eigenvalue weighted by Crippen LogP contribution is -2.46. The molecule has 1 amide bonds. The van der Waals surface area contributed by atoms with E-state index in [2.05, 4.69) is 15.6 Å². The van der Waals surface area contributed by atoms with Crippen molar-refractivity contribution in [2.75, 3.05) is 7.11 Å². The van der Waals surface area contributed by atoms with E-state index in [1.807, 2.05) is 13.8 Å². The van der Waals surface area contributed by atoms with Gasteiger partial charge >= 0.3 is 5.97 Å². The molecule has 0 aliphatic carbocycles. The molecule has 0 aliphatic heterocycles. The van der Waals surface area contributed by atoms with E-state index in [-0.39, 0.29) is 5.92 Å². The van der Waals surface area contributed by atoms with Gasteiger partial charge in [-0.2, -0.15) is 4.68 Å². The first-order valence-corrected chi connectivity index (χ1v) is 8.07. The van der Waals surface area contributed by atoms with Crippen molar-refractivity contribution in [3.05, 3.63) is 34.6 Å². The normalized spacial score (nSPS) is 13.5. The zero-order valence-electron chi connectivity index (χ0n) is 14.7. The predicted molar refractivity (Wildman–Crippen MR) is 91.9 cm³/mol. The van der Waals surface area contributed by atoms with E-state index in [1.165, 1.54) is 14.0 Å². The Bertz CT molecular complexity index is 831. The Balaban J connectivity index is 2.25. The Hall–Kier alpha value is -2.77. The fourth-order valence-electron chi connectivity index (χ4n) is 2.49. The fraction of sp³-hybridized carbons (Fsp3) is 0.471. The molecular formula is C17H22N4O4.